The van der Waals surface area contributed by atoms with Crippen LogP contribution in [0.15, 0.2) is 6.20 Å². The van der Waals surface area contributed by atoms with E-state index in [0.717, 1.165) is 20.8 Å². The normalized spacial score (nSPS) is 16.6. The van der Waals surface area contributed by atoms with E-state index < -0.39 is 0 Å². The van der Waals surface area contributed by atoms with E-state index in [0.29, 0.717) is 0 Å². The highest BCUT2D eigenvalue weighted by atomic mass is 35.5. The van der Waals surface area contributed by atoms with Crippen LogP contribution in [0.2, 0.25) is 4.34 Å². The highest BCUT2D eigenvalue weighted by Crippen LogP contribution is 2.34. The van der Waals surface area contributed by atoms with Gasteiger partial charge in [-0.25, -0.2) is 9.97 Å². The molecule has 6 heteroatoms. The van der Waals surface area contributed by atoms with Crippen LogP contribution in [-0.2, 0) is 12.8 Å². The zero-order chi connectivity index (χ0) is 12.5. The van der Waals surface area contributed by atoms with Crippen LogP contribution in [-0.4, -0.2) is 17.0 Å². The molecule has 1 unspecified atom stereocenters. The average molecular weight is 300 g/mol. The minimum Gasteiger partial charge on any atom is -0.305 e. The van der Waals surface area contributed by atoms with Gasteiger partial charge in [-0.3, -0.25) is 0 Å². The first-order valence-corrected chi connectivity index (χ1v) is 8.06. The summed E-state index contributed by atoms with van der Waals surface area (Å²) in [6.45, 7) is 0. The molecule has 18 heavy (non-hydrogen) atoms. The number of hydrogen-bond acceptors (Lipinski definition) is 5. The summed E-state index contributed by atoms with van der Waals surface area (Å²) in [4.78, 5) is 10.6. The zero-order valence-electron chi connectivity index (χ0n) is 10.1. The minimum absolute atomic E-state index is 0.0816. The lowest BCUT2D eigenvalue weighted by molar-refractivity contribution is 0.659. The molecule has 0 radical (unpaired) electrons. The maximum atomic E-state index is 5.96. The Morgan fingerprint density at radius 1 is 1.28 bits per heavy atom. The molecule has 1 atom stereocenters. The molecule has 0 fully saturated rings. The second-order valence-electron chi connectivity index (χ2n) is 4.35. The van der Waals surface area contributed by atoms with Crippen LogP contribution < -0.4 is 5.32 Å². The van der Waals surface area contributed by atoms with Gasteiger partial charge in [-0.15, -0.1) is 22.7 Å². The molecule has 2 heterocycles. The van der Waals surface area contributed by atoms with Crippen molar-refractivity contribution in [1.82, 2.24) is 15.3 Å². The second-order valence-corrected chi connectivity index (χ2v) is 7.16. The van der Waals surface area contributed by atoms with Gasteiger partial charge in [0.25, 0.3) is 0 Å². The first-order chi connectivity index (χ1) is 8.78. The summed E-state index contributed by atoms with van der Waals surface area (Å²) in [5.41, 5.74) is 1.30. The highest BCUT2D eigenvalue weighted by Gasteiger charge is 2.23. The lowest BCUT2D eigenvalue weighted by atomic mass is 10.0. The van der Waals surface area contributed by atoms with Crippen molar-refractivity contribution in [3.8, 4) is 0 Å². The maximum absolute atomic E-state index is 5.96. The number of thiazole rings is 2. The Labute approximate surface area is 119 Å². The van der Waals surface area contributed by atoms with Gasteiger partial charge in [-0.05, 0) is 32.7 Å². The molecule has 0 amide bonds. The maximum Gasteiger partial charge on any atom is 0.118 e. The first kappa shape index (κ1) is 12.5. The molecule has 3 rings (SSSR count). The number of rotatable bonds is 3. The minimum atomic E-state index is 0.0816. The predicted octanol–water partition coefficient (Wildman–Crippen LogP) is 3.44. The molecule has 2 aromatic rings. The predicted molar refractivity (Wildman–Crippen MR) is 76.8 cm³/mol. The fourth-order valence-electron chi connectivity index (χ4n) is 2.25. The molecule has 0 saturated heterocycles. The molecule has 1 aliphatic carbocycles. The molecule has 1 aliphatic rings. The molecule has 2 aromatic heterocycles. The Bertz CT molecular complexity index is 526. The summed E-state index contributed by atoms with van der Waals surface area (Å²) >= 11 is 9.30. The van der Waals surface area contributed by atoms with Gasteiger partial charge in [-0.1, -0.05) is 11.6 Å². The number of fused-ring (bicyclic) bond motifs is 1. The Morgan fingerprint density at radius 3 is 2.78 bits per heavy atom. The molecule has 0 spiro atoms. The Balaban J connectivity index is 1.94. The molecule has 1 N–H and O–H groups in total. The molecular weight excluding hydrogens is 286 g/mol. The molecule has 0 aliphatic heterocycles. The van der Waals surface area contributed by atoms with Gasteiger partial charge in [-0.2, -0.15) is 0 Å². The highest BCUT2D eigenvalue weighted by molar-refractivity contribution is 7.16. The van der Waals surface area contributed by atoms with Crippen molar-refractivity contribution in [3.05, 3.63) is 31.1 Å². The number of halogens is 1. The van der Waals surface area contributed by atoms with Crippen molar-refractivity contribution in [2.24, 2.45) is 0 Å². The van der Waals surface area contributed by atoms with E-state index in [1.54, 1.807) is 6.20 Å². The SMILES string of the molecule is CNC(c1ncc(Cl)s1)c1nc2c(s1)CCCC2. The van der Waals surface area contributed by atoms with Crippen molar-refractivity contribution in [3.63, 3.8) is 0 Å². The van der Waals surface area contributed by atoms with Gasteiger partial charge < -0.3 is 5.32 Å². The number of aryl methyl sites for hydroxylation is 2. The van der Waals surface area contributed by atoms with Crippen LogP contribution in [0.3, 0.4) is 0 Å². The third-order valence-corrected chi connectivity index (χ3v) is 5.54. The van der Waals surface area contributed by atoms with Crippen molar-refractivity contribution >= 4 is 34.3 Å². The summed E-state index contributed by atoms with van der Waals surface area (Å²) in [5, 5.41) is 5.41. The van der Waals surface area contributed by atoms with E-state index in [9.17, 15) is 0 Å². The van der Waals surface area contributed by atoms with E-state index in [4.69, 9.17) is 16.6 Å². The zero-order valence-corrected chi connectivity index (χ0v) is 12.5. The van der Waals surface area contributed by atoms with Crippen molar-refractivity contribution in [2.75, 3.05) is 7.05 Å². The third kappa shape index (κ3) is 2.32. The summed E-state index contributed by atoms with van der Waals surface area (Å²) in [6.07, 6.45) is 6.58. The Hall–Kier alpha value is -0.490. The van der Waals surface area contributed by atoms with Crippen LogP contribution >= 0.6 is 34.3 Å². The monoisotopic (exact) mass is 299 g/mol. The van der Waals surface area contributed by atoms with Crippen molar-refractivity contribution in [2.45, 2.75) is 31.7 Å². The van der Waals surface area contributed by atoms with E-state index >= 15 is 0 Å². The van der Waals surface area contributed by atoms with E-state index in [2.05, 4.69) is 10.3 Å². The van der Waals surface area contributed by atoms with Crippen LogP contribution in [0.25, 0.3) is 0 Å². The topological polar surface area (TPSA) is 37.8 Å². The van der Waals surface area contributed by atoms with Gasteiger partial charge in [0.2, 0.25) is 0 Å². The number of nitrogens with one attached hydrogen (secondary N) is 1. The van der Waals surface area contributed by atoms with E-state index in [1.165, 1.54) is 41.2 Å². The summed E-state index contributed by atoms with van der Waals surface area (Å²) in [5.74, 6) is 0. The molecule has 0 bridgehead atoms. The number of aromatic nitrogens is 2. The van der Waals surface area contributed by atoms with Gasteiger partial charge in [0.05, 0.1) is 11.9 Å². The molecule has 3 nitrogen and oxygen atoms in total. The van der Waals surface area contributed by atoms with Crippen molar-refractivity contribution < 1.29 is 0 Å². The fourth-order valence-corrected chi connectivity index (χ4v) is 4.63. The lowest BCUT2D eigenvalue weighted by Gasteiger charge is -2.09. The van der Waals surface area contributed by atoms with E-state index in [-0.39, 0.29) is 6.04 Å². The van der Waals surface area contributed by atoms with Gasteiger partial charge in [0, 0.05) is 4.88 Å². The van der Waals surface area contributed by atoms with Gasteiger partial charge in [0.15, 0.2) is 0 Å². The Kier molecular flexibility index (Phi) is 3.66. The number of nitrogens with zero attached hydrogens (tertiary/aromatic N) is 2. The molecule has 0 saturated carbocycles. The average Bonchev–Trinajstić information content (AvgIpc) is 2.96. The smallest absolute Gasteiger partial charge is 0.118 e. The quantitative estimate of drug-likeness (QED) is 0.943. The first-order valence-electron chi connectivity index (χ1n) is 6.05. The third-order valence-electron chi connectivity index (χ3n) is 3.14. The van der Waals surface area contributed by atoms with Crippen LogP contribution in [0.4, 0.5) is 0 Å². The van der Waals surface area contributed by atoms with Gasteiger partial charge >= 0.3 is 0 Å². The van der Waals surface area contributed by atoms with Crippen LogP contribution in [0.1, 0.15) is 39.5 Å². The van der Waals surface area contributed by atoms with E-state index in [1.807, 2.05) is 18.4 Å². The summed E-state index contributed by atoms with van der Waals surface area (Å²) in [6, 6.07) is 0.0816. The standard InChI is InChI=1S/C12H14ClN3S2/c1-14-10(11-15-6-9(13)18-11)12-16-7-4-2-3-5-8(7)17-12/h6,10,14H,2-5H2,1H3. The lowest BCUT2D eigenvalue weighted by Crippen LogP contribution is -2.17. The van der Waals surface area contributed by atoms with Crippen LogP contribution in [0, 0.1) is 0 Å². The Morgan fingerprint density at radius 2 is 2.11 bits per heavy atom. The molecule has 0 aromatic carbocycles. The second kappa shape index (κ2) is 5.25. The molecular formula is C12H14ClN3S2. The summed E-state index contributed by atoms with van der Waals surface area (Å²) in [7, 11) is 1.94. The fraction of sp³-hybridized carbons (Fsp3) is 0.500. The van der Waals surface area contributed by atoms with Gasteiger partial charge in [0.1, 0.15) is 20.4 Å². The van der Waals surface area contributed by atoms with Crippen LogP contribution in [0.5, 0.6) is 0 Å². The summed E-state index contributed by atoms with van der Waals surface area (Å²) < 4.78 is 0.728. The largest absolute Gasteiger partial charge is 0.305 e. The number of hydrogen-bond donors (Lipinski definition) is 1. The molecule has 96 valence electrons. The van der Waals surface area contributed by atoms with Crippen molar-refractivity contribution in [1.29, 1.82) is 0 Å².